The first-order valence-electron chi connectivity index (χ1n) is 6.99. The van der Waals surface area contributed by atoms with Gasteiger partial charge in [-0.05, 0) is 26.3 Å². The van der Waals surface area contributed by atoms with Crippen molar-refractivity contribution < 1.29 is 0 Å². The van der Waals surface area contributed by atoms with E-state index < -0.39 is 0 Å². The minimum absolute atomic E-state index is 0.552. The average Bonchev–Trinajstić information content (AvgIpc) is 2.76. The Morgan fingerprint density at radius 2 is 1.86 bits per heavy atom. The van der Waals surface area contributed by atoms with E-state index in [1.54, 1.807) is 23.5 Å². The molecule has 0 aromatic carbocycles. The van der Waals surface area contributed by atoms with Crippen molar-refractivity contribution in [1.82, 2.24) is 24.7 Å². The van der Waals surface area contributed by atoms with Crippen LogP contribution in [0, 0.1) is 13.8 Å². The topological polar surface area (TPSA) is 56.5 Å². The summed E-state index contributed by atoms with van der Waals surface area (Å²) in [6, 6.07) is 1.98. The first-order valence-corrected chi connectivity index (χ1v) is 8.86. The number of hydrogen-bond acceptors (Lipinski definition) is 6. The third-order valence-electron chi connectivity index (χ3n) is 3.10. The molecule has 0 bridgehead atoms. The summed E-state index contributed by atoms with van der Waals surface area (Å²) in [5.41, 5.74) is 1.99. The van der Waals surface area contributed by atoms with Gasteiger partial charge < -0.3 is 4.57 Å². The molecule has 2 aromatic rings. The number of thioether (sulfide) groups is 2. The van der Waals surface area contributed by atoms with E-state index in [0.29, 0.717) is 5.25 Å². The van der Waals surface area contributed by atoms with E-state index in [4.69, 9.17) is 0 Å². The van der Waals surface area contributed by atoms with Gasteiger partial charge in [-0.1, -0.05) is 37.4 Å². The zero-order valence-corrected chi connectivity index (χ0v) is 14.8. The maximum absolute atomic E-state index is 4.44. The number of aromatic nitrogens is 5. The van der Waals surface area contributed by atoms with Crippen LogP contribution in [0.25, 0.3) is 0 Å². The van der Waals surface area contributed by atoms with Gasteiger partial charge in [-0.3, -0.25) is 0 Å². The third kappa shape index (κ3) is 4.44. The summed E-state index contributed by atoms with van der Waals surface area (Å²) < 4.78 is 2.06. The molecule has 7 heteroatoms. The highest BCUT2D eigenvalue weighted by Gasteiger charge is 2.13. The van der Waals surface area contributed by atoms with Crippen molar-refractivity contribution in [3.63, 3.8) is 0 Å². The Bertz CT molecular complexity index is 591. The van der Waals surface area contributed by atoms with E-state index in [1.165, 1.54) is 0 Å². The van der Waals surface area contributed by atoms with Crippen LogP contribution >= 0.6 is 23.5 Å². The van der Waals surface area contributed by atoms with Crippen molar-refractivity contribution in [3.8, 4) is 0 Å². The Morgan fingerprint density at radius 3 is 2.48 bits per heavy atom. The SMILES string of the molecule is CC[C@H](C)Sc1nnc(CSc2nc(C)cc(C)n2)n1C. The molecule has 0 unspecified atom stereocenters. The summed E-state index contributed by atoms with van der Waals surface area (Å²) in [5, 5.41) is 10.9. The molecule has 0 aliphatic carbocycles. The monoisotopic (exact) mass is 323 g/mol. The lowest BCUT2D eigenvalue weighted by atomic mass is 10.4. The van der Waals surface area contributed by atoms with Gasteiger partial charge in [-0.25, -0.2) is 9.97 Å². The van der Waals surface area contributed by atoms with Crippen LogP contribution in [0.1, 0.15) is 37.5 Å². The summed E-state index contributed by atoms with van der Waals surface area (Å²) in [6.45, 7) is 8.36. The van der Waals surface area contributed by atoms with Crippen molar-refractivity contribution in [1.29, 1.82) is 0 Å². The van der Waals surface area contributed by atoms with Crippen LogP contribution < -0.4 is 0 Å². The second-order valence-electron chi connectivity index (χ2n) is 5.02. The Morgan fingerprint density at radius 1 is 1.19 bits per heavy atom. The van der Waals surface area contributed by atoms with E-state index >= 15 is 0 Å². The van der Waals surface area contributed by atoms with Gasteiger partial charge in [0.2, 0.25) is 0 Å². The summed E-state index contributed by atoms with van der Waals surface area (Å²) in [6.07, 6.45) is 1.12. The number of rotatable bonds is 6. The van der Waals surface area contributed by atoms with E-state index in [0.717, 1.165) is 39.7 Å². The highest BCUT2D eigenvalue weighted by molar-refractivity contribution is 7.99. The standard InChI is InChI=1S/C14H21N5S2/c1-6-11(4)21-14-18-17-12(19(14)5)8-20-13-15-9(2)7-10(3)16-13/h7,11H,6,8H2,1-5H3/t11-/m0/s1. The maximum Gasteiger partial charge on any atom is 0.191 e. The molecule has 0 aliphatic rings. The minimum atomic E-state index is 0.552. The Balaban J connectivity index is 2.03. The molecule has 1 atom stereocenters. The van der Waals surface area contributed by atoms with Crippen LogP contribution in [0.15, 0.2) is 16.4 Å². The lowest BCUT2D eigenvalue weighted by Gasteiger charge is -2.07. The van der Waals surface area contributed by atoms with Crippen molar-refractivity contribution in [2.75, 3.05) is 0 Å². The molecule has 0 saturated carbocycles. The van der Waals surface area contributed by atoms with Crippen molar-refractivity contribution in [3.05, 3.63) is 23.3 Å². The summed E-state index contributed by atoms with van der Waals surface area (Å²) in [7, 11) is 2.02. The Labute approximate surface area is 134 Å². The van der Waals surface area contributed by atoms with Crippen molar-refractivity contribution in [2.24, 2.45) is 7.05 Å². The lowest BCUT2D eigenvalue weighted by molar-refractivity contribution is 0.754. The highest BCUT2D eigenvalue weighted by atomic mass is 32.2. The number of aryl methyl sites for hydroxylation is 2. The number of hydrogen-bond donors (Lipinski definition) is 0. The molecule has 2 heterocycles. The Hall–Kier alpha value is -1.08. The first kappa shape index (κ1) is 16.3. The fourth-order valence-electron chi connectivity index (χ4n) is 1.72. The predicted octanol–water partition coefficient (Wildman–Crippen LogP) is 3.40. The van der Waals surface area contributed by atoms with Gasteiger partial charge in [0.15, 0.2) is 10.3 Å². The van der Waals surface area contributed by atoms with Crippen LogP contribution in [0.5, 0.6) is 0 Å². The molecule has 2 rings (SSSR count). The zero-order chi connectivity index (χ0) is 15.4. The molecule has 0 N–H and O–H groups in total. The second-order valence-corrected chi connectivity index (χ2v) is 7.36. The average molecular weight is 323 g/mol. The molecule has 0 spiro atoms. The molecule has 5 nitrogen and oxygen atoms in total. The molecule has 0 amide bonds. The molecule has 21 heavy (non-hydrogen) atoms. The van der Waals surface area contributed by atoms with Crippen LogP contribution in [-0.2, 0) is 12.8 Å². The highest BCUT2D eigenvalue weighted by Crippen LogP contribution is 2.25. The fraction of sp³-hybridized carbons (Fsp3) is 0.571. The maximum atomic E-state index is 4.44. The quantitative estimate of drug-likeness (QED) is 0.600. The normalized spacial score (nSPS) is 12.6. The largest absolute Gasteiger partial charge is 0.308 e. The summed E-state index contributed by atoms with van der Waals surface area (Å²) in [5.74, 6) is 1.68. The van der Waals surface area contributed by atoms with Gasteiger partial charge in [-0.15, -0.1) is 10.2 Å². The van der Waals surface area contributed by atoms with Crippen LogP contribution in [0.4, 0.5) is 0 Å². The summed E-state index contributed by atoms with van der Waals surface area (Å²) in [4.78, 5) is 8.87. The van der Waals surface area contributed by atoms with Crippen LogP contribution in [0.3, 0.4) is 0 Å². The van der Waals surface area contributed by atoms with E-state index in [9.17, 15) is 0 Å². The minimum Gasteiger partial charge on any atom is -0.308 e. The van der Waals surface area contributed by atoms with Gasteiger partial charge in [0.05, 0.1) is 5.75 Å². The van der Waals surface area contributed by atoms with Gasteiger partial charge in [0.25, 0.3) is 0 Å². The van der Waals surface area contributed by atoms with Crippen molar-refractivity contribution >= 4 is 23.5 Å². The second kappa shape index (κ2) is 7.26. The Kier molecular flexibility index (Phi) is 5.64. The molecule has 0 radical (unpaired) electrons. The van der Waals surface area contributed by atoms with Gasteiger partial charge in [-0.2, -0.15) is 0 Å². The predicted molar refractivity (Wildman–Crippen MR) is 87.7 cm³/mol. The van der Waals surface area contributed by atoms with E-state index in [2.05, 4.69) is 38.6 Å². The smallest absolute Gasteiger partial charge is 0.191 e. The summed E-state index contributed by atoms with van der Waals surface area (Å²) >= 11 is 3.37. The molecule has 0 fully saturated rings. The number of nitrogens with zero attached hydrogens (tertiary/aromatic N) is 5. The fourth-order valence-corrected chi connectivity index (χ4v) is 3.53. The molecular formula is C14H21N5S2. The first-order chi connectivity index (χ1) is 9.99. The molecule has 2 aromatic heterocycles. The van der Waals surface area contributed by atoms with Crippen LogP contribution in [0.2, 0.25) is 0 Å². The van der Waals surface area contributed by atoms with Crippen LogP contribution in [-0.4, -0.2) is 30.0 Å². The van der Waals surface area contributed by atoms with Gasteiger partial charge >= 0.3 is 0 Å². The molecular weight excluding hydrogens is 302 g/mol. The lowest BCUT2D eigenvalue weighted by Crippen LogP contribution is -2.01. The van der Waals surface area contributed by atoms with E-state index in [-0.39, 0.29) is 0 Å². The van der Waals surface area contributed by atoms with Gasteiger partial charge in [0, 0.05) is 23.7 Å². The molecule has 114 valence electrons. The zero-order valence-electron chi connectivity index (χ0n) is 13.1. The van der Waals surface area contributed by atoms with Gasteiger partial charge in [0.1, 0.15) is 5.82 Å². The molecule has 0 aliphatic heterocycles. The van der Waals surface area contributed by atoms with Crippen molar-refractivity contribution in [2.45, 2.75) is 55.4 Å². The molecule has 0 saturated heterocycles. The third-order valence-corrected chi connectivity index (χ3v) is 5.24. The van der Waals surface area contributed by atoms with E-state index in [1.807, 2.05) is 27.0 Å².